The third-order valence-electron chi connectivity index (χ3n) is 2.86. The number of esters is 2. The van der Waals surface area contributed by atoms with E-state index in [1.165, 1.54) is 13.2 Å². The zero-order chi connectivity index (χ0) is 17.2. The highest BCUT2D eigenvalue weighted by Gasteiger charge is 2.19. The highest BCUT2D eigenvalue weighted by Crippen LogP contribution is 2.24. The summed E-state index contributed by atoms with van der Waals surface area (Å²) in [5, 5.41) is 0. The van der Waals surface area contributed by atoms with Gasteiger partial charge in [0.1, 0.15) is 22.7 Å². The van der Waals surface area contributed by atoms with Crippen molar-refractivity contribution in [2.24, 2.45) is 0 Å². The summed E-state index contributed by atoms with van der Waals surface area (Å²) in [7, 11) is 1.29. The van der Waals surface area contributed by atoms with Crippen LogP contribution in [0.4, 0.5) is 0 Å². The number of fused-ring (bicyclic) bond motifs is 1. The van der Waals surface area contributed by atoms with Crippen molar-refractivity contribution in [3.63, 3.8) is 0 Å². The Morgan fingerprint density at radius 2 is 1.96 bits per heavy atom. The van der Waals surface area contributed by atoms with E-state index in [0.717, 1.165) is 0 Å². The third kappa shape index (κ3) is 4.21. The summed E-state index contributed by atoms with van der Waals surface area (Å²) in [4.78, 5) is 30.9. The maximum absolute atomic E-state index is 11.9. The fourth-order valence-electron chi connectivity index (χ4n) is 2.08. The Hall–Kier alpha value is -2.57. The van der Waals surface area contributed by atoms with Gasteiger partial charge in [0.05, 0.1) is 18.2 Å². The third-order valence-corrected chi connectivity index (χ3v) is 2.86. The van der Waals surface area contributed by atoms with Gasteiger partial charge in [-0.3, -0.25) is 0 Å². The Morgan fingerprint density at radius 1 is 1.26 bits per heavy atom. The summed E-state index contributed by atoms with van der Waals surface area (Å²) in [6, 6.07) is 3.17. The van der Waals surface area contributed by atoms with Crippen molar-refractivity contribution in [3.8, 4) is 5.75 Å². The molecule has 2 rings (SSSR count). The SMILES string of the molecule is COC(=O)c1cc(OCC(=O)OC(C)(C)C)cc2[nH]c(C)nc12. The largest absolute Gasteiger partial charge is 0.482 e. The van der Waals surface area contributed by atoms with Crippen LogP contribution in [0.25, 0.3) is 11.0 Å². The van der Waals surface area contributed by atoms with Crippen molar-refractivity contribution in [2.75, 3.05) is 13.7 Å². The molecular formula is C16H20N2O5. The summed E-state index contributed by atoms with van der Waals surface area (Å²) < 4.78 is 15.4. The van der Waals surface area contributed by atoms with Crippen molar-refractivity contribution >= 4 is 23.0 Å². The van der Waals surface area contributed by atoms with Gasteiger partial charge < -0.3 is 19.2 Å². The Morgan fingerprint density at radius 3 is 2.57 bits per heavy atom. The molecule has 124 valence electrons. The van der Waals surface area contributed by atoms with Gasteiger partial charge in [-0.2, -0.15) is 0 Å². The van der Waals surface area contributed by atoms with Gasteiger partial charge in [-0.15, -0.1) is 0 Å². The van der Waals surface area contributed by atoms with Crippen LogP contribution in [0.15, 0.2) is 12.1 Å². The molecule has 23 heavy (non-hydrogen) atoms. The molecule has 0 aliphatic heterocycles. The first kappa shape index (κ1) is 16.8. The number of nitrogens with zero attached hydrogens (tertiary/aromatic N) is 1. The first-order chi connectivity index (χ1) is 10.7. The van der Waals surface area contributed by atoms with Gasteiger partial charge in [0.15, 0.2) is 6.61 Å². The molecule has 0 bridgehead atoms. The van der Waals surface area contributed by atoms with Crippen molar-refractivity contribution in [1.82, 2.24) is 9.97 Å². The molecule has 7 nitrogen and oxygen atoms in total. The smallest absolute Gasteiger partial charge is 0.344 e. The number of aromatic amines is 1. The van der Waals surface area contributed by atoms with Gasteiger partial charge in [-0.25, -0.2) is 14.6 Å². The predicted molar refractivity (Wildman–Crippen MR) is 83.5 cm³/mol. The average molecular weight is 320 g/mol. The molecule has 0 amide bonds. The van der Waals surface area contributed by atoms with Crippen LogP contribution in [0.5, 0.6) is 5.75 Å². The minimum absolute atomic E-state index is 0.253. The van der Waals surface area contributed by atoms with Gasteiger partial charge in [-0.1, -0.05) is 0 Å². The number of benzene rings is 1. The van der Waals surface area contributed by atoms with E-state index in [4.69, 9.17) is 14.2 Å². The minimum atomic E-state index is -0.581. The highest BCUT2D eigenvalue weighted by atomic mass is 16.6. The van der Waals surface area contributed by atoms with E-state index < -0.39 is 17.5 Å². The van der Waals surface area contributed by atoms with Crippen molar-refractivity contribution < 1.29 is 23.8 Å². The first-order valence-electron chi connectivity index (χ1n) is 7.13. The van der Waals surface area contributed by atoms with Gasteiger partial charge in [0.25, 0.3) is 0 Å². The Kier molecular flexibility index (Phi) is 4.58. The molecule has 0 saturated carbocycles. The summed E-state index contributed by atoms with van der Waals surface area (Å²) in [5.74, 6) is 0.00378. The molecule has 2 aromatic rings. The van der Waals surface area contributed by atoms with Gasteiger partial charge in [-0.05, 0) is 33.8 Å². The second kappa shape index (κ2) is 6.28. The molecule has 1 aromatic heterocycles. The maximum atomic E-state index is 11.9. The van der Waals surface area contributed by atoms with Gasteiger partial charge in [0, 0.05) is 6.07 Å². The fraction of sp³-hybridized carbons (Fsp3) is 0.438. The number of carbonyl (C=O) groups is 2. The van der Waals surface area contributed by atoms with Crippen LogP contribution in [0.3, 0.4) is 0 Å². The average Bonchev–Trinajstić information content (AvgIpc) is 2.81. The van der Waals surface area contributed by atoms with Crippen LogP contribution >= 0.6 is 0 Å². The number of hydrogen-bond acceptors (Lipinski definition) is 6. The lowest BCUT2D eigenvalue weighted by atomic mass is 10.1. The van der Waals surface area contributed by atoms with E-state index in [9.17, 15) is 9.59 Å². The molecule has 7 heteroatoms. The molecule has 0 atom stereocenters. The van der Waals surface area contributed by atoms with E-state index in [1.807, 2.05) is 0 Å². The maximum Gasteiger partial charge on any atom is 0.344 e. The van der Waals surface area contributed by atoms with Crippen molar-refractivity contribution in [3.05, 3.63) is 23.5 Å². The molecule has 0 radical (unpaired) electrons. The van der Waals surface area contributed by atoms with Crippen LogP contribution in [0.2, 0.25) is 0 Å². The lowest BCUT2D eigenvalue weighted by Crippen LogP contribution is -2.27. The van der Waals surface area contributed by atoms with E-state index in [-0.39, 0.29) is 12.2 Å². The number of rotatable bonds is 4. The normalized spacial score (nSPS) is 11.3. The Bertz CT molecular complexity index is 743. The number of hydrogen-bond donors (Lipinski definition) is 1. The highest BCUT2D eigenvalue weighted by molar-refractivity contribution is 6.02. The molecule has 1 N–H and O–H groups in total. The molecule has 0 aliphatic rings. The van der Waals surface area contributed by atoms with Crippen LogP contribution in [-0.2, 0) is 14.3 Å². The molecule has 1 aromatic carbocycles. The predicted octanol–water partition coefficient (Wildman–Crippen LogP) is 2.38. The fourth-order valence-corrected chi connectivity index (χ4v) is 2.08. The number of nitrogens with one attached hydrogen (secondary N) is 1. The lowest BCUT2D eigenvalue weighted by molar-refractivity contribution is -0.157. The van der Waals surface area contributed by atoms with E-state index >= 15 is 0 Å². The van der Waals surface area contributed by atoms with E-state index in [1.54, 1.807) is 33.8 Å². The Labute approximate surface area is 133 Å². The number of imidazole rings is 1. The topological polar surface area (TPSA) is 90.5 Å². The monoisotopic (exact) mass is 320 g/mol. The number of aryl methyl sites for hydroxylation is 1. The van der Waals surface area contributed by atoms with Crippen molar-refractivity contribution in [1.29, 1.82) is 0 Å². The molecule has 0 spiro atoms. The molecule has 0 aliphatic carbocycles. The van der Waals surface area contributed by atoms with E-state index in [0.29, 0.717) is 22.6 Å². The molecule has 1 heterocycles. The number of carbonyl (C=O) groups excluding carboxylic acids is 2. The zero-order valence-corrected chi connectivity index (χ0v) is 13.9. The summed E-state index contributed by atoms with van der Waals surface area (Å²) in [6.07, 6.45) is 0. The van der Waals surface area contributed by atoms with Crippen LogP contribution in [0, 0.1) is 6.92 Å². The summed E-state index contributed by atoms with van der Waals surface area (Å²) >= 11 is 0. The standard InChI is InChI=1S/C16H20N2O5/c1-9-17-12-7-10(22-8-13(19)23-16(2,3)4)6-11(14(12)18-9)15(20)21-5/h6-7H,8H2,1-5H3,(H,17,18). The molecular weight excluding hydrogens is 300 g/mol. The van der Waals surface area contributed by atoms with Crippen molar-refractivity contribution in [2.45, 2.75) is 33.3 Å². The van der Waals surface area contributed by atoms with Gasteiger partial charge >= 0.3 is 11.9 Å². The number of aromatic nitrogens is 2. The van der Waals surface area contributed by atoms with E-state index in [2.05, 4.69) is 9.97 Å². The quantitative estimate of drug-likeness (QED) is 0.870. The summed E-state index contributed by atoms with van der Waals surface area (Å²) in [5.41, 5.74) is 0.819. The number of H-pyrrole nitrogens is 1. The first-order valence-corrected chi connectivity index (χ1v) is 7.13. The summed E-state index contributed by atoms with van der Waals surface area (Å²) in [6.45, 7) is 6.86. The Balaban J connectivity index is 2.24. The number of ether oxygens (including phenoxy) is 3. The molecule has 0 saturated heterocycles. The van der Waals surface area contributed by atoms with Crippen LogP contribution in [-0.4, -0.2) is 41.2 Å². The lowest BCUT2D eigenvalue weighted by Gasteiger charge is -2.19. The molecule has 0 fully saturated rings. The van der Waals surface area contributed by atoms with Crippen LogP contribution < -0.4 is 4.74 Å². The zero-order valence-electron chi connectivity index (χ0n) is 13.9. The number of methoxy groups -OCH3 is 1. The second-order valence-corrected chi connectivity index (χ2v) is 6.06. The second-order valence-electron chi connectivity index (χ2n) is 6.06. The molecule has 0 unspecified atom stereocenters. The minimum Gasteiger partial charge on any atom is -0.482 e. The van der Waals surface area contributed by atoms with Crippen LogP contribution in [0.1, 0.15) is 37.0 Å². The van der Waals surface area contributed by atoms with Gasteiger partial charge in [0.2, 0.25) is 0 Å².